The van der Waals surface area contributed by atoms with Gasteiger partial charge in [-0.15, -0.1) is 0 Å². The van der Waals surface area contributed by atoms with Crippen LogP contribution in [0, 0.1) is 0 Å². The zero-order chi connectivity index (χ0) is 16.3. The molecule has 6 heteroatoms. The van der Waals surface area contributed by atoms with E-state index in [9.17, 15) is 4.79 Å². The number of carbonyl (C=O) groups is 1. The lowest BCUT2D eigenvalue weighted by atomic mass is 10.2. The third kappa shape index (κ3) is 7.87. The topological polar surface area (TPSA) is 65.0 Å². The summed E-state index contributed by atoms with van der Waals surface area (Å²) in [6.07, 6.45) is 2.67. The van der Waals surface area contributed by atoms with Crippen LogP contribution in [0.4, 0.5) is 0 Å². The first-order valence-electron chi connectivity index (χ1n) is 7.46. The SMILES string of the molecule is C=CC(=O)C(CC)O[Si](C)(CCCO)CCC(OC)OC. The standard InChI is InChI=1S/C15H30O5Si/c1-6-13(17)14(7-2)20-21(5,11-8-10-16)12-9-15(18-3)19-4/h6,14-16H,1,7-12H2,2-5H3. The average molecular weight is 318 g/mol. The summed E-state index contributed by atoms with van der Waals surface area (Å²) in [5, 5.41) is 9.08. The van der Waals surface area contributed by atoms with Crippen molar-refractivity contribution < 1.29 is 23.8 Å². The van der Waals surface area contributed by atoms with Gasteiger partial charge in [0.05, 0.1) is 0 Å². The highest BCUT2D eigenvalue weighted by Crippen LogP contribution is 2.25. The van der Waals surface area contributed by atoms with Crippen LogP contribution in [0.2, 0.25) is 18.6 Å². The molecule has 1 N–H and O–H groups in total. The van der Waals surface area contributed by atoms with E-state index < -0.39 is 14.4 Å². The molecule has 0 saturated heterocycles. The second-order valence-corrected chi connectivity index (χ2v) is 9.47. The van der Waals surface area contributed by atoms with Crippen LogP contribution in [-0.2, 0) is 18.7 Å². The number of methoxy groups -OCH3 is 2. The minimum absolute atomic E-state index is 0.0738. The van der Waals surface area contributed by atoms with Crippen LogP contribution in [-0.4, -0.2) is 52.4 Å². The third-order valence-electron chi connectivity index (χ3n) is 3.61. The van der Waals surface area contributed by atoms with Gasteiger partial charge in [0.1, 0.15) is 6.10 Å². The molecule has 0 aliphatic rings. The summed E-state index contributed by atoms with van der Waals surface area (Å²) in [4.78, 5) is 11.8. The Morgan fingerprint density at radius 1 is 1.33 bits per heavy atom. The highest BCUT2D eigenvalue weighted by atomic mass is 28.4. The molecule has 2 unspecified atom stereocenters. The predicted molar refractivity (Wildman–Crippen MR) is 85.7 cm³/mol. The second kappa shape index (κ2) is 11.1. The van der Waals surface area contributed by atoms with Gasteiger partial charge in [-0.05, 0) is 44.0 Å². The summed E-state index contributed by atoms with van der Waals surface area (Å²) >= 11 is 0. The monoisotopic (exact) mass is 318 g/mol. The smallest absolute Gasteiger partial charge is 0.191 e. The van der Waals surface area contributed by atoms with E-state index >= 15 is 0 Å². The van der Waals surface area contributed by atoms with Crippen LogP contribution in [0.1, 0.15) is 26.2 Å². The molecule has 5 nitrogen and oxygen atoms in total. The summed E-state index contributed by atoms with van der Waals surface area (Å²) in [6, 6.07) is 1.63. The molecule has 0 aliphatic heterocycles. The van der Waals surface area contributed by atoms with E-state index in [1.807, 2.05) is 6.92 Å². The fraction of sp³-hybridized carbons (Fsp3) is 0.800. The Kier molecular flexibility index (Phi) is 10.8. The van der Waals surface area contributed by atoms with E-state index in [2.05, 4.69) is 13.1 Å². The number of aliphatic hydroxyl groups excluding tert-OH is 1. The molecule has 0 aromatic carbocycles. The van der Waals surface area contributed by atoms with Gasteiger partial charge < -0.3 is 19.0 Å². The van der Waals surface area contributed by atoms with Crippen molar-refractivity contribution >= 4 is 14.1 Å². The molecule has 0 fully saturated rings. The lowest BCUT2D eigenvalue weighted by Crippen LogP contribution is -2.42. The molecule has 0 radical (unpaired) electrons. The van der Waals surface area contributed by atoms with Gasteiger partial charge in [-0.2, -0.15) is 0 Å². The summed E-state index contributed by atoms with van der Waals surface area (Å²) in [7, 11) is 1.10. The van der Waals surface area contributed by atoms with Gasteiger partial charge in [-0.1, -0.05) is 13.5 Å². The number of carbonyl (C=O) groups excluding carboxylic acids is 1. The normalized spacial score (nSPS) is 15.7. The van der Waals surface area contributed by atoms with E-state index in [0.29, 0.717) is 12.8 Å². The van der Waals surface area contributed by atoms with E-state index in [-0.39, 0.29) is 18.7 Å². The molecular formula is C15H30O5Si. The lowest BCUT2D eigenvalue weighted by molar-refractivity contribution is -0.121. The quantitative estimate of drug-likeness (QED) is 0.321. The molecule has 0 aliphatic carbocycles. The summed E-state index contributed by atoms with van der Waals surface area (Å²) < 4.78 is 16.6. The third-order valence-corrected chi connectivity index (χ3v) is 7.23. The molecule has 0 amide bonds. The second-order valence-electron chi connectivity index (χ2n) is 5.34. The van der Waals surface area contributed by atoms with Crippen LogP contribution in [0.5, 0.6) is 0 Å². The van der Waals surface area contributed by atoms with Crippen molar-refractivity contribution in [2.75, 3.05) is 20.8 Å². The first-order valence-corrected chi connectivity index (χ1v) is 10.3. The molecule has 0 saturated carbocycles. The molecular weight excluding hydrogens is 288 g/mol. The van der Waals surface area contributed by atoms with Crippen LogP contribution >= 0.6 is 0 Å². The Morgan fingerprint density at radius 3 is 2.38 bits per heavy atom. The zero-order valence-electron chi connectivity index (χ0n) is 13.8. The molecule has 0 heterocycles. The van der Waals surface area contributed by atoms with Crippen molar-refractivity contribution in [2.45, 2.75) is 57.2 Å². The summed E-state index contributed by atoms with van der Waals surface area (Å²) in [6.45, 7) is 7.70. The van der Waals surface area contributed by atoms with Crippen molar-refractivity contribution in [1.29, 1.82) is 0 Å². The van der Waals surface area contributed by atoms with Gasteiger partial charge in [0.2, 0.25) is 0 Å². The maximum Gasteiger partial charge on any atom is 0.191 e. The van der Waals surface area contributed by atoms with Gasteiger partial charge in [0.25, 0.3) is 0 Å². The van der Waals surface area contributed by atoms with E-state index in [4.69, 9.17) is 19.0 Å². The van der Waals surface area contributed by atoms with Gasteiger partial charge in [0.15, 0.2) is 20.4 Å². The fourth-order valence-electron chi connectivity index (χ4n) is 2.27. The van der Waals surface area contributed by atoms with Gasteiger partial charge >= 0.3 is 0 Å². The first-order chi connectivity index (χ1) is 9.96. The molecule has 0 aromatic heterocycles. The molecule has 21 heavy (non-hydrogen) atoms. The Hall–Kier alpha value is -0.533. The Labute approximate surface area is 129 Å². The minimum Gasteiger partial charge on any atom is -0.407 e. The molecule has 124 valence electrons. The number of hydrogen-bond donors (Lipinski definition) is 1. The Balaban J connectivity index is 4.79. The Morgan fingerprint density at radius 2 is 1.95 bits per heavy atom. The van der Waals surface area contributed by atoms with Crippen molar-refractivity contribution in [3.05, 3.63) is 12.7 Å². The fourth-order valence-corrected chi connectivity index (χ4v) is 5.48. The van der Waals surface area contributed by atoms with Crippen molar-refractivity contribution in [2.24, 2.45) is 0 Å². The Bertz CT molecular complexity index is 306. The average Bonchev–Trinajstić information content (AvgIpc) is 2.51. The molecule has 0 spiro atoms. The number of ether oxygens (including phenoxy) is 2. The van der Waals surface area contributed by atoms with E-state index in [1.165, 1.54) is 6.08 Å². The predicted octanol–water partition coefficient (Wildman–Crippen LogP) is 2.50. The van der Waals surface area contributed by atoms with Crippen molar-refractivity contribution in [3.8, 4) is 0 Å². The van der Waals surface area contributed by atoms with Crippen molar-refractivity contribution in [3.63, 3.8) is 0 Å². The number of ketones is 1. The minimum atomic E-state index is -2.12. The highest BCUT2D eigenvalue weighted by molar-refractivity contribution is 6.72. The van der Waals surface area contributed by atoms with E-state index in [1.54, 1.807) is 14.2 Å². The largest absolute Gasteiger partial charge is 0.407 e. The maximum atomic E-state index is 11.8. The summed E-state index contributed by atoms with van der Waals surface area (Å²) in [5.74, 6) is -0.0738. The van der Waals surface area contributed by atoms with Crippen LogP contribution in [0.25, 0.3) is 0 Å². The van der Waals surface area contributed by atoms with Crippen LogP contribution < -0.4 is 0 Å². The lowest BCUT2D eigenvalue weighted by Gasteiger charge is -2.32. The number of aliphatic hydroxyl groups is 1. The van der Waals surface area contributed by atoms with Crippen LogP contribution in [0.15, 0.2) is 12.7 Å². The molecule has 0 rings (SSSR count). The van der Waals surface area contributed by atoms with Gasteiger partial charge in [-0.25, -0.2) is 0 Å². The van der Waals surface area contributed by atoms with E-state index in [0.717, 1.165) is 18.5 Å². The molecule has 0 aromatic rings. The van der Waals surface area contributed by atoms with Gasteiger partial charge in [-0.3, -0.25) is 4.79 Å². The maximum absolute atomic E-state index is 11.8. The number of hydrogen-bond acceptors (Lipinski definition) is 5. The highest BCUT2D eigenvalue weighted by Gasteiger charge is 2.33. The first kappa shape index (κ1) is 20.5. The molecule has 2 atom stereocenters. The van der Waals surface area contributed by atoms with Crippen LogP contribution in [0.3, 0.4) is 0 Å². The summed E-state index contributed by atoms with van der Waals surface area (Å²) in [5.41, 5.74) is 0. The van der Waals surface area contributed by atoms with Gasteiger partial charge in [0, 0.05) is 20.8 Å². The van der Waals surface area contributed by atoms with Crippen molar-refractivity contribution in [1.82, 2.24) is 0 Å². The zero-order valence-corrected chi connectivity index (χ0v) is 14.8. The number of rotatable bonds is 13. The molecule has 0 bridgehead atoms.